The van der Waals surface area contributed by atoms with E-state index in [9.17, 15) is 4.79 Å². The van der Waals surface area contributed by atoms with Gasteiger partial charge in [-0.05, 0) is 39.8 Å². The molecule has 0 bridgehead atoms. The topological polar surface area (TPSA) is 77.1 Å². The number of ether oxygens (including phenoxy) is 2. The van der Waals surface area contributed by atoms with Crippen LogP contribution < -0.4 is 0 Å². The lowest BCUT2D eigenvalue weighted by molar-refractivity contribution is -0.0119. The highest BCUT2D eigenvalue weighted by Crippen LogP contribution is 2.37. The Bertz CT molecular complexity index is 1040. The van der Waals surface area contributed by atoms with Crippen molar-refractivity contribution in [3.8, 4) is 10.6 Å². The van der Waals surface area contributed by atoms with Gasteiger partial charge in [0.1, 0.15) is 16.7 Å². The van der Waals surface area contributed by atoms with E-state index in [-0.39, 0.29) is 0 Å². The van der Waals surface area contributed by atoms with E-state index < -0.39 is 17.7 Å². The summed E-state index contributed by atoms with van der Waals surface area (Å²) in [6.07, 6.45) is -0.420. The van der Waals surface area contributed by atoms with Crippen LogP contribution in [-0.2, 0) is 21.7 Å². The second-order valence-corrected chi connectivity index (χ2v) is 9.19. The number of thiazole rings is 1. The van der Waals surface area contributed by atoms with Gasteiger partial charge in [0, 0.05) is 15.6 Å². The fourth-order valence-corrected chi connectivity index (χ4v) is 4.59. The van der Waals surface area contributed by atoms with Gasteiger partial charge in [-0.1, -0.05) is 28.1 Å². The van der Waals surface area contributed by atoms with Crippen LogP contribution in [0.2, 0.25) is 0 Å². The van der Waals surface area contributed by atoms with Gasteiger partial charge in [-0.25, -0.2) is 9.78 Å². The first-order valence-corrected chi connectivity index (χ1v) is 10.5. The van der Waals surface area contributed by atoms with E-state index in [1.54, 1.807) is 0 Å². The smallest absolute Gasteiger partial charge is 0.359 e. The fourth-order valence-electron chi connectivity index (χ4n) is 3.27. The maximum absolute atomic E-state index is 12.7. The molecule has 0 spiro atoms. The highest BCUT2D eigenvalue weighted by Gasteiger charge is 2.37. The van der Waals surface area contributed by atoms with Gasteiger partial charge in [-0.15, -0.1) is 11.3 Å². The average Bonchev–Trinajstić information content (AvgIpc) is 3.31. The van der Waals surface area contributed by atoms with Crippen LogP contribution in [0.15, 0.2) is 28.7 Å². The molecule has 3 heterocycles. The van der Waals surface area contributed by atoms with E-state index >= 15 is 0 Å². The van der Waals surface area contributed by atoms with Gasteiger partial charge in [-0.3, -0.25) is 5.10 Å². The SMILES string of the molecule is Cc1nc(-c2ccc(Br)cc2)sc1C(C)OC(=O)c1n[nH]c2c1COC2(C)C. The number of aryl methyl sites for hydroxylation is 1. The van der Waals surface area contributed by atoms with Crippen molar-refractivity contribution in [1.82, 2.24) is 15.2 Å². The van der Waals surface area contributed by atoms with Crippen LogP contribution in [0, 0.1) is 6.92 Å². The minimum absolute atomic E-state index is 0.294. The zero-order chi connectivity index (χ0) is 20.1. The van der Waals surface area contributed by atoms with Gasteiger partial charge >= 0.3 is 5.97 Å². The Kier molecular flexibility index (Phi) is 4.89. The molecule has 28 heavy (non-hydrogen) atoms. The summed E-state index contributed by atoms with van der Waals surface area (Å²) in [5.41, 5.74) is 3.32. The quantitative estimate of drug-likeness (QED) is 0.534. The van der Waals surface area contributed by atoms with E-state index in [1.807, 2.05) is 52.0 Å². The summed E-state index contributed by atoms with van der Waals surface area (Å²) >= 11 is 4.98. The number of fused-ring (bicyclic) bond motifs is 1. The van der Waals surface area contributed by atoms with Gasteiger partial charge < -0.3 is 9.47 Å². The Morgan fingerprint density at radius 1 is 1.36 bits per heavy atom. The number of carbonyl (C=O) groups excluding carboxylic acids is 1. The Morgan fingerprint density at radius 2 is 2.07 bits per heavy atom. The molecule has 3 aromatic rings. The molecule has 1 atom stereocenters. The second-order valence-electron chi connectivity index (χ2n) is 7.25. The van der Waals surface area contributed by atoms with Crippen LogP contribution >= 0.6 is 27.3 Å². The fraction of sp³-hybridized carbons (Fsp3) is 0.350. The number of H-pyrrole nitrogens is 1. The first-order chi connectivity index (χ1) is 13.3. The van der Waals surface area contributed by atoms with Crippen LogP contribution in [0.4, 0.5) is 0 Å². The molecule has 6 nitrogen and oxygen atoms in total. The maximum atomic E-state index is 12.7. The van der Waals surface area contributed by atoms with Gasteiger partial charge in [0.15, 0.2) is 5.69 Å². The molecule has 8 heteroatoms. The van der Waals surface area contributed by atoms with Gasteiger partial charge in [0.2, 0.25) is 0 Å². The lowest BCUT2D eigenvalue weighted by Crippen LogP contribution is -2.15. The van der Waals surface area contributed by atoms with Crippen molar-refractivity contribution in [2.45, 2.75) is 46.0 Å². The molecule has 1 aliphatic heterocycles. The Hall–Kier alpha value is -2.03. The van der Waals surface area contributed by atoms with Gasteiger partial charge in [0.05, 0.1) is 22.9 Å². The van der Waals surface area contributed by atoms with E-state index in [2.05, 4.69) is 31.1 Å². The Labute approximate surface area is 175 Å². The normalized spacial score (nSPS) is 16.0. The van der Waals surface area contributed by atoms with Crippen molar-refractivity contribution >= 4 is 33.2 Å². The van der Waals surface area contributed by atoms with Crippen LogP contribution in [0.25, 0.3) is 10.6 Å². The molecule has 146 valence electrons. The third kappa shape index (κ3) is 3.40. The first kappa shape index (κ1) is 19.3. The van der Waals surface area contributed by atoms with E-state index in [4.69, 9.17) is 9.47 Å². The number of nitrogens with one attached hydrogen (secondary N) is 1. The van der Waals surface area contributed by atoms with Gasteiger partial charge in [0.25, 0.3) is 0 Å². The Morgan fingerprint density at radius 3 is 2.79 bits per heavy atom. The third-order valence-electron chi connectivity index (χ3n) is 4.82. The summed E-state index contributed by atoms with van der Waals surface area (Å²) in [6, 6.07) is 7.99. The number of rotatable bonds is 4. The summed E-state index contributed by atoms with van der Waals surface area (Å²) in [5, 5.41) is 7.99. The standard InChI is InChI=1S/C20H20BrN3O3S/c1-10-16(28-18(22-10)12-5-7-13(21)8-6-12)11(2)27-19(25)15-14-9-26-20(3,4)17(14)24-23-15/h5-8,11H,9H2,1-4H3,(H,23,24). The van der Waals surface area contributed by atoms with Crippen molar-refractivity contribution in [2.24, 2.45) is 0 Å². The van der Waals surface area contributed by atoms with E-state index in [1.165, 1.54) is 11.3 Å². The number of benzene rings is 1. The minimum atomic E-state index is -0.472. The maximum Gasteiger partial charge on any atom is 0.359 e. The van der Waals surface area contributed by atoms with E-state index in [0.29, 0.717) is 12.3 Å². The molecule has 0 radical (unpaired) electrons. The number of esters is 1. The van der Waals surface area contributed by atoms with Crippen LogP contribution in [-0.4, -0.2) is 21.2 Å². The van der Waals surface area contributed by atoms with Crippen molar-refractivity contribution < 1.29 is 14.3 Å². The van der Waals surface area contributed by atoms with E-state index in [0.717, 1.165) is 36.9 Å². The van der Waals surface area contributed by atoms with Crippen molar-refractivity contribution in [3.05, 3.63) is 56.3 Å². The van der Waals surface area contributed by atoms with Gasteiger partial charge in [-0.2, -0.15) is 5.10 Å². The van der Waals surface area contributed by atoms with Crippen molar-refractivity contribution in [2.75, 3.05) is 0 Å². The number of hydrogen-bond donors (Lipinski definition) is 1. The molecule has 1 aliphatic rings. The largest absolute Gasteiger partial charge is 0.452 e. The molecule has 1 unspecified atom stereocenters. The van der Waals surface area contributed by atoms with Crippen molar-refractivity contribution in [1.29, 1.82) is 0 Å². The summed E-state index contributed by atoms with van der Waals surface area (Å²) < 4.78 is 12.4. The summed E-state index contributed by atoms with van der Waals surface area (Å²) in [5.74, 6) is -0.454. The monoisotopic (exact) mass is 461 g/mol. The zero-order valence-corrected chi connectivity index (χ0v) is 18.4. The number of aromatic amines is 1. The van der Waals surface area contributed by atoms with Crippen molar-refractivity contribution in [3.63, 3.8) is 0 Å². The third-order valence-corrected chi connectivity index (χ3v) is 6.71. The molecule has 1 aromatic carbocycles. The average molecular weight is 462 g/mol. The number of halogens is 1. The van der Waals surface area contributed by atoms with Crippen LogP contribution in [0.3, 0.4) is 0 Å². The summed E-state index contributed by atoms with van der Waals surface area (Å²) in [7, 11) is 0. The lowest BCUT2D eigenvalue weighted by Gasteiger charge is -2.15. The molecule has 0 amide bonds. The predicted octanol–water partition coefficient (Wildman–Crippen LogP) is 5.29. The highest BCUT2D eigenvalue weighted by molar-refractivity contribution is 9.10. The number of aromatic nitrogens is 3. The number of hydrogen-bond acceptors (Lipinski definition) is 6. The molecular formula is C20H20BrN3O3S. The molecule has 0 aliphatic carbocycles. The number of carbonyl (C=O) groups is 1. The summed E-state index contributed by atoms with van der Waals surface area (Å²) in [6.45, 7) is 8.03. The van der Waals surface area contributed by atoms with Crippen LogP contribution in [0.1, 0.15) is 59.2 Å². The highest BCUT2D eigenvalue weighted by atomic mass is 79.9. The minimum Gasteiger partial charge on any atom is -0.452 e. The lowest BCUT2D eigenvalue weighted by atomic mass is 10.0. The molecule has 4 rings (SSSR count). The second kappa shape index (κ2) is 7.09. The number of nitrogens with zero attached hydrogens (tertiary/aromatic N) is 2. The molecular weight excluding hydrogens is 442 g/mol. The first-order valence-electron chi connectivity index (χ1n) is 8.92. The molecule has 0 saturated carbocycles. The van der Waals surface area contributed by atoms with Crippen LogP contribution in [0.5, 0.6) is 0 Å². The Balaban J connectivity index is 1.54. The zero-order valence-electron chi connectivity index (χ0n) is 16.0. The molecule has 0 saturated heterocycles. The molecule has 2 aromatic heterocycles. The molecule has 1 N–H and O–H groups in total. The predicted molar refractivity (Wildman–Crippen MR) is 110 cm³/mol. The summed E-state index contributed by atoms with van der Waals surface area (Å²) in [4.78, 5) is 18.3. The molecule has 0 fully saturated rings.